The van der Waals surface area contributed by atoms with Gasteiger partial charge < -0.3 is 14.1 Å². The average Bonchev–Trinajstić information content (AvgIpc) is 2.79. The van der Waals surface area contributed by atoms with Crippen LogP contribution in [0.2, 0.25) is 0 Å². The van der Waals surface area contributed by atoms with Gasteiger partial charge >= 0.3 is 0 Å². The highest BCUT2D eigenvalue weighted by atomic mass is 16.3. The summed E-state index contributed by atoms with van der Waals surface area (Å²) in [4.78, 5) is 23.8. The van der Waals surface area contributed by atoms with Gasteiger partial charge in [0.25, 0.3) is 5.56 Å². The molecule has 0 fully saturated rings. The third-order valence-corrected chi connectivity index (χ3v) is 2.62. The second-order valence-corrected chi connectivity index (χ2v) is 3.72. The van der Waals surface area contributed by atoms with Crippen LogP contribution < -0.4 is 5.56 Å². The van der Waals surface area contributed by atoms with E-state index in [-0.39, 0.29) is 17.1 Å². The van der Waals surface area contributed by atoms with Crippen LogP contribution in [0.4, 0.5) is 0 Å². The minimum atomic E-state index is -0.617. The van der Waals surface area contributed by atoms with Crippen molar-refractivity contribution in [3.63, 3.8) is 0 Å². The molecule has 0 bridgehead atoms. The molecule has 5 heteroatoms. The van der Waals surface area contributed by atoms with Gasteiger partial charge in [0.2, 0.25) is 5.78 Å². The minimum absolute atomic E-state index is 0.0289. The number of aromatic nitrogens is 1. The van der Waals surface area contributed by atoms with E-state index in [4.69, 9.17) is 4.42 Å². The number of aryl methyl sites for hydroxylation is 1. The minimum Gasteiger partial charge on any atom is -0.507 e. The zero-order valence-corrected chi connectivity index (χ0v) is 9.43. The quantitative estimate of drug-likeness (QED) is 0.791. The third-order valence-electron chi connectivity index (χ3n) is 2.62. The van der Waals surface area contributed by atoms with Crippen molar-refractivity contribution in [2.24, 2.45) is 7.05 Å². The van der Waals surface area contributed by atoms with Crippen LogP contribution >= 0.6 is 0 Å². The summed E-state index contributed by atoms with van der Waals surface area (Å²) in [7, 11) is 1.54. The molecular weight excluding hydrogens is 222 g/mol. The Labute approximate surface area is 96.9 Å². The smallest absolute Gasteiger partial charge is 0.265 e. The summed E-state index contributed by atoms with van der Waals surface area (Å²) in [6.45, 7) is 1.67. The lowest BCUT2D eigenvalue weighted by Crippen LogP contribution is -2.26. The zero-order chi connectivity index (χ0) is 12.6. The van der Waals surface area contributed by atoms with Crippen LogP contribution in [0.1, 0.15) is 21.8 Å². The number of nitrogens with zero attached hydrogens (tertiary/aromatic N) is 1. The highest BCUT2D eigenvalue weighted by Gasteiger charge is 2.21. The van der Waals surface area contributed by atoms with Crippen LogP contribution in [0.15, 0.2) is 33.7 Å². The number of furan rings is 1. The van der Waals surface area contributed by atoms with E-state index >= 15 is 0 Å². The first-order valence-corrected chi connectivity index (χ1v) is 5.00. The average molecular weight is 233 g/mol. The molecule has 0 saturated heterocycles. The summed E-state index contributed by atoms with van der Waals surface area (Å²) >= 11 is 0. The number of hydrogen-bond acceptors (Lipinski definition) is 4. The number of pyridine rings is 1. The van der Waals surface area contributed by atoms with Crippen LogP contribution in [0.5, 0.6) is 5.75 Å². The SMILES string of the molecule is Cc1cc(O)c(C(=O)c2ccco2)c(=O)n1C. The first kappa shape index (κ1) is 11.2. The predicted octanol–water partition coefficient (Wildman–Crippen LogP) is 1.22. The zero-order valence-electron chi connectivity index (χ0n) is 9.43. The molecule has 17 heavy (non-hydrogen) atoms. The van der Waals surface area contributed by atoms with E-state index < -0.39 is 11.3 Å². The largest absolute Gasteiger partial charge is 0.507 e. The summed E-state index contributed by atoms with van der Waals surface area (Å²) in [5, 5.41) is 9.69. The molecule has 0 saturated carbocycles. The number of hydrogen-bond donors (Lipinski definition) is 1. The Morgan fingerprint density at radius 3 is 2.76 bits per heavy atom. The summed E-state index contributed by atoms with van der Waals surface area (Å²) in [6.07, 6.45) is 1.34. The van der Waals surface area contributed by atoms with Crippen LogP contribution in [0, 0.1) is 6.92 Å². The first-order valence-electron chi connectivity index (χ1n) is 5.00. The number of ketones is 1. The first-order chi connectivity index (χ1) is 8.02. The molecule has 2 aromatic heterocycles. The molecular formula is C12H11NO4. The van der Waals surface area contributed by atoms with E-state index in [1.165, 1.54) is 30.0 Å². The second kappa shape index (κ2) is 3.93. The van der Waals surface area contributed by atoms with Gasteiger partial charge in [-0.25, -0.2) is 0 Å². The Bertz CT molecular complexity index is 623. The molecule has 2 rings (SSSR count). The molecule has 0 amide bonds. The molecule has 0 aliphatic rings. The Kier molecular flexibility index (Phi) is 2.59. The molecule has 0 atom stereocenters. The standard InChI is InChI=1S/C12H11NO4/c1-7-6-8(14)10(12(16)13(7)2)11(15)9-4-3-5-17-9/h3-6,14H,1-2H3. The van der Waals surface area contributed by atoms with Crippen molar-refractivity contribution in [3.8, 4) is 5.75 Å². The Hall–Kier alpha value is -2.30. The van der Waals surface area contributed by atoms with Crippen molar-refractivity contribution in [2.45, 2.75) is 6.92 Å². The lowest BCUT2D eigenvalue weighted by atomic mass is 10.1. The fraction of sp³-hybridized carbons (Fsp3) is 0.167. The molecule has 0 aliphatic heterocycles. The predicted molar refractivity (Wildman–Crippen MR) is 60.2 cm³/mol. The fourth-order valence-electron chi connectivity index (χ4n) is 1.55. The summed E-state index contributed by atoms with van der Waals surface area (Å²) in [5.41, 5.74) is -0.236. The van der Waals surface area contributed by atoms with E-state index in [1.54, 1.807) is 13.0 Å². The Morgan fingerprint density at radius 1 is 1.47 bits per heavy atom. The number of carbonyl (C=O) groups is 1. The van der Waals surface area contributed by atoms with Gasteiger partial charge in [0.1, 0.15) is 11.3 Å². The Balaban J connectivity index is 2.65. The Morgan fingerprint density at radius 2 is 2.18 bits per heavy atom. The van der Waals surface area contributed by atoms with Crippen LogP contribution in [0.3, 0.4) is 0 Å². The fourth-order valence-corrected chi connectivity index (χ4v) is 1.55. The highest BCUT2D eigenvalue weighted by Crippen LogP contribution is 2.18. The summed E-state index contributed by atoms with van der Waals surface area (Å²) in [5.74, 6) is -0.915. The molecule has 0 aromatic carbocycles. The monoisotopic (exact) mass is 233 g/mol. The van der Waals surface area contributed by atoms with Crippen molar-refractivity contribution in [1.29, 1.82) is 0 Å². The van der Waals surface area contributed by atoms with Gasteiger partial charge in [-0.15, -0.1) is 0 Å². The molecule has 2 heterocycles. The lowest BCUT2D eigenvalue weighted by Gasteiger charge is -2.07. The van der Waals surface area contributed by atoms with Gasteiger partial charge in [-0.3, -0.25) is 9.59 Å². The summed E-state index contributed by atoms with van der Waals surface area (Å²) in [6, 6.07) is 4.36. The van der Waals surface area contributed by atoms with Gasteiger partial charge in [0, 0.05) is 18.8 Å². The van der Waals surface area contributed by atoms with Gasteiger partial charge in [-0.05, 0) is 19.1 Å². The number of rotatable bonds is 2. The number of carbonyl (C=O) groups excluding carboxylic acids is 1. The summed E-state index contributed by atoms with van der Waals surface area (Å²) < 4.78 is 6.22. The lowest BCUT2D eigenvalue weighted by molar-refractivity contribution is 0.100. The van der Waals surface area contributed by atoms with Gasteiger partial charge in [-0.1, -0.05) is 0 Å². The maximum Gasteiger partial charge on any atom is 0.265 e. The van der Waals surface area contributed by atoms with E-state index in [0.717, 1.165) is 0 Å². The molecule has 0 unspecified atom stereocenters. The van der Waals surface area contributed by atoms with E-state index in [1.807, 2.05) is 0 Å². The maximum atomic E-state index is 11.9. The van der Waals surface area contributed by atoms with Crippen molar-refractivity contribution >= 4 is 5.78 Å². The molecule has 0 aliphatic carbocycles. The maximum absolute atomic E-state index is 11.9. The number of aromatic hydroxyl groups is 1. The molecule has 0 spiro atoms. The van der Waals surface area contributed by atoms with Gasteiger partial charge in [0.15, 0.2) is 5.76 Å². The third kappa shape index (κ3) is 1.75. The van der Waals surface area contributed by atoms with E-state index in [2.05, 4.69) is 0 Å². The van der Waals surface area contributed by atoms with Crippen molar-refractivity contribution in [1.82, 2.24) is 4.57 Å². The molecule has 88 valence electrons. The van der Waals surface area contributed by atoms with E-state index in [9.17, 15) is 14.7 Å². The van der Waals surface area contributed by atoms with E-state index in [0.29, 0.717) is 5.69 Å². The molecule has 2 aromatic rings. The van der Waals surface area contributed by atoms with Crippen LogP contribution in [0.25, 0.3) is 0 Å². The van der Waals surface area contributed by atoms with Gasteiger partial charge in [-0.2, -0.15) is 0 Å². The normalized spacial score (nSPS) is 10.5. The van der Waals surface area contributed by atoms with Gasteiger partial charge in [0.05, 0.1) is 6.26 Å². The second-order valence-electron chi connectivity index (χ2n) is 3.72. The van der Waals surface area contributed by atoms with Crippen LogP contribution in [-0.4, -0.2) is 15.5 Å². The van der Waals surface area contributed by atoms with Crippen molar-refractivity contribution in [2.75, 3.05) is 0 Å². The van der Waals surface area contributed by atoms with Crippen LogP contribution in [-0.2, 0) is 7.05 Å². The highest BCUT2D eigenvalue weighted by molar-refractivity contribution is 6.08. The molecule has 1 N–H and O–H groups in total. The van der Waals surface area contributed by atoms with Crippen molar-refractivity contribution < 1.29 is 14.3 Å². The molecule has 5 nitrogen and oxygen atoms in total. The topological polar surface area (TPSA) is 72.4 Å². The van der Waals surface area contributed by atoms with Crippen molar-refractivity contribution in [3.05, 3.63) is 51.8 Å². The molecule has 0 radical (unpaired) electrons.